The number of carbonyl (C=O) groups excluding carboxylic acids is 1. The van der Waals surface area contributed by atoms with Crippen molar-refractivity contribution in [1.82, 2.24) is 4.98 Å². The summed E-state index contributed by atoms with van der Waals surface area (Å²) in [6.45, 7) is 5.60. The average Bonchev–Trinajstić information content (AvgIpc) is 2.83. The highest BCUT2D eigenvalue weighted by Crippen LogP contribution is 2.38. The molecular formula is C26H29N3O3. The van der Waals surface area contributed by atoms with Crippen LogP contribution in [0.4, 0.5) is 17.1 Å². The number of benzene rings is 2. The minimum Gasteiger partial charge on any atom is -0.493 e. The van der Waals surface area contributed by atoms with E-state index < -0.39 is 0 Å². The smallest absolute Gasteiger partial charge is 0.340 e. The van der Waals surface area contributed by atoms with Crippen molar-refractivity contribution in [3.05, 3.63) is 77.1 Å². The van der Waals surface area contributed by atoms with Crippen molar-refractivity contribution in [3.63, 3.8) is 0 Å². The Morgan fingerprint density at radius 1 is 1.16 bits per heavy atom. The molecule has 0 saturated heterocycles. The molecule has 6 nitrogen and oxygen atoms in total. The van der Waals surface area contributed by atoms with E-state index in [1.807, 2.05) is 0 Å². The molecule has 0 amide bonds. The van der Waals surface area contributed by atoms with Gasteiger partial charge in [-0.25, -0.2) is 4.79 Å². The number of aryl methyl sites for hydroxylation is 2. The van der Waals surface area contributed by atoms with Crippen LogP contribution in [0.1, 0.15) is 39.4 Å². The molecule has 0 spiro atoms. The minimum absolute atomic E-state index is 0.269. The van der Waals surface area contributed by atoms with Gasteiger partial charge in [0.2, 0.25) is 0 Å². The first-order valence-corrected chi connectivity index (χ1v) is 10.8. The van der Waals surface area contributed by atoms with E-state index in [0.717, 1.165) is 23.5 Å². The summed E-state index contributed by atoms with van der Waals surface area (Å²) in [6, 6.07) is 14.6. The SMILES string of the molecule is COC(=O)c1ccncc1NC[C@@H]1CCOc2cc(N(C)c3ccc(C)c(C)c3)ccc21. The van der Waals surface area contributed by atoms with Crippen molar-refractivity contribution in [2.75, 3.05) is 37.5 Å². The molecule has 32 heavy (non-hydrogen) atoms. The number of rotatable bonds is 6. The van der Waals surface area contributed by atoms with E-state index in [4.69, 9.17) is 9.47 Å². The van der Waals surface area contributed by atoms with Crippen LogP contribution in [0.3, 0.4) is 0 Å². The number of methoxy groups -OCH3 is 1. The van der Waals surface area contributed by atoms with Crippen LogP contribution in [0, 0.1) is 13.8 Å². The van der Waals surface area contributed by atoms with Crippen LogP contribution in [0.15, 0.2) is 54.9 Å². The van der Waals surface area contributed by atoms with Crippen molar-refractivity contribution >= 4 is 23.0 Å². The van der Waals surface area contributed by atoms with Gasteiger partial charge in [0.15, 0.2) is 0 Å². The molecule has 1 aromatic heterocycles. The first-order valence-electron chi connectivity index (χ1n) is 10.8. The van der Waals surface area contributed by atoms with Gasteiger partial charge >= 0.3 is 5.97 Å². The molecule has 1 aliphatic heterocycles. The first-order chi connectivity index (χ1) is 15.5. The Bertz CT molecular complexity index is 1130. The van der Waals surface area contributed by atoms with E-state index in [-0.39, 0.29) is 11.9 Å². The van der Waals surface area contributed by atoms with Gasteiger partial charge in [0.05, 0.1) is 31.2 Å². The molecule has 1 aliphatic rings. The fraction of sp³-hybridized carbons (Fsp3) is 0.308. The number of hydrogen-bond acceptors (Lipinski definition) is 6. The third-order valence-corrected chi connectivity index (χ3v) is 6.19. The molecule has 1 atom stereocenters. The number of pyridine rings is 1. The van der Waals surface area contributed by atoms with Crippen LogP contribution in [0.5, 0.6) is 5.75 Å². The van der Waals surface area contributed by atoms with Crippen LogP contribution in [-0.2, 0) is 4.74 Å². The lowest BCUT2D eigenvalue weighted by molar-refractivity contribution is 0.0601. The minimum atomic E-state index is -0.374. The highest BCUT2D eigenvalue weighted by Gasteiger charge is 2.23. The summed E-state index contributed by atoms with van der Waals surface area (Å²) in [6.07, 6.45) is 4.16. The van der Waals surface area contributed by atoms with Crippen molar-refractivity contribution in [3.8, 4) is 5.75 Å². The second kappa shape index (κ2) is 9.30. The lowest BCUT2D eigenvalue weighted by atomic mass is 9.92. The highest BCUT2D eigenvalue weighted by atomic mass is 16.5. The molecule has 1 N–H and O–H groups in total. The first kappa shape index (κ1) is 21.7. The maximum absolute atomic E-state index is 12.0. The van der Waals surface area contributed by atoms with Gasteiger partial charge in [-0.3, -0.25) is 4.98 Å². The van der Waals surface area contributed by atoms with E-state index in [0.29, 0.717) is 24.4 Å². The predicted molar refractivity (Wildman–Crippen MR) is 127 cm³/mol. The number of ether oxygens (including phenoxy) is 2. The Morgan fingerprint density at radius 2 is 1.94 bits per heavy atom. The van der Waals surface area contributed by atoms with Crippen LogP contribution >= 0.6 is 0 Å². The van der Waals surface area contributed by atoms with Crippen molar-refractivity contribution < 1.29 is 14.3 Å². The van der Waals surface area contributed by atoms with Gasteiger partial charge in [-0.15, -0.1) is 0 Å². The second-order valence-electron chi connectivity index (χ2n) is 8.18. The van der Waals surface area contributed by atoms with E-state index in [9.17, 15) is 4.79 Å². The maximum Gasteiger partial charge on any atom is 0.340 e. The summed E-state index contributed by atoms with van der Waals surface area (Å²) in [7, 11) is 3.46. The van der Waals surface area contributed by atoms with Gasteiger partial charge in [-0.1, -0.05) is 12.1 Å². The van der Waals surface area contributed by atoms with E-state index in [2.05, 4.69) is 72.5 Å². The molecule has 0 fully saturated rings. The summed E-state index contributed by atoms with van der Waals surface area (Å²) >= 11 is 0. The number of nitrogens with zero attached hydrogens (tertiary/aromatic N) is 2. The van der Waals surface area contributed by atoms with Gasteiger partial charge in [-0.2, -0.15) is 0 Å². The predicted octanol–water partition coefficient (Wildman–Crippen LogP) is 5.23. The fourth-order valence-corrected chi connectivity index (χ4v) is 4.01. The van der Waals surface area contributed by atoms with Crippen molar-refractivity contribution in [2.45, 2.75) is 26.2 Å². The van der Waals surface area contributed by atoms with Gasteiger partial charge in [0.25, 0.3) is 0 Å². The third kappa shape index (κ3) is 4.40. The summed E-state index contributed by atoms with van der Waals surface area (Å²) in [5.74, 6) is 0.808. The van der Waals surface area contributed by atoms with Crippen molar-refractivity contribution in [2.24, 2.45) is 0 Å². The molecule has 0 aliphatic carbocycles. The molecule has 3 aromatic rings. The fourth-order valence-electron chi connectivity index (χ4n) is 4.01. The molecule has 6 heteroatoms. The summed E-state index contributed by atoms with van der Waals surface area (Å²) < 4.78 is 10.9. The van der Waals surface area contributed by atoms with Crippen molar-refractivity contribution in [1.29, 1.82) is 0 Å². The number of fused-ring (bicyclic) bond motifs is 1. The van der Waals surface area contributed by atoms with E-state index in [1.165, 1.54) is 23.8 Å². The Hall–Kier alpha value is -3.54. The zero-order chi connectivity index (χ0) is 22.7. The molecule has 0 saturated carbocycles. The standard InChI is InChI=1S/C26H29N3O3/c1-17-5-6-20(13-18(17)2)29(3)21-7-8-22-19(10-12-32-25(22)14-21)15-28-24-16-27-11-9-23(24)26(30)31-4/h5-9,11,13-14,16,19,28H,10,12,15H2,1-4H3/t19-/m0/s1. The van der Waals surface area contributed by atoms with Gasteiger partial charge in [-0.05, 0) is 61.2 Å². The number of nitrogens with one attached hydrogen (secondary N) is 1. The Balaban J connectivity index is 1.52. The quantitative estimate of drug-likeness (QED) is 0.539. The molecule has 2 heterocycles. The monoisotopic (exact) mass is 431 g/mol. The number of esters is 1. The summed E-state index contributed by atoms with van der Waals surface area (Å²) in [5.41, 5.74) is 7.13. The molecule has 166 valence electrons. The molecule has 2 aromatic carbocycles. The average molecular weight is 432 g/mol. The Kier molecular flexibility index (Phi) is 6.30. The molecule has 0 bridgehead atoms. The maximum atomic E-state index is 12.0. The molecular weight excluding hydrogens is 402 g/mol. The summed E-state index contributed by atoms with van der Waals surface area (Å²) in [5, 5.41) is 3.38. The topological polar surface area (TPSA) is 63.7 Å². The lowest BCUT2D eigenvalue weighted by Crippen LogP contribution is -2.22. The molecule has 0 unspecified atom stereocenters. The normalized spacial score (nSPS) is 14.8. The number of carbonyl (C=O) groups is 1. The van der Waals surface area contributed by atoms with Gasteiger partial charge < -0.3 is 19.7 Å². The van der Waals surface area contributed by atoms with Crippen LogP contribution in [0.25, 0.3) is 0 Å². The second-order valence-corrected chi connectivity index (χ2v) is 8.18. The third-order valence-electron chi connectivity index (χ3n) is 6.19. The Morgan fingerprint density at radius 3 is 2.72 bits per heavy atom. The lowest BCUT2D eigenvalue weighted by Gasteiger charge is -2.29. The van der Waals surface area contributed by atoms with Crippen LogP contribution in [0.2, 0.25) is 0 Å². The largest absolute Gasteiger partial charge is 0.493 e. The Labute approximate surface area is 189 Å². The van der Waals surface area contributed by atoms with E-state index >= 15 is 0 Å². The number of aromatic nitrogens is 1. The van der Waals surface area contributed by atoms with Gasteiger partial charge in [0, 0.05) is 43.1 Å². The number of anilines is 3. The zero-order valence-corrected chi connectivity index (χ0v) is 19.0. The molecule has 4 rings (SSSR count). The number of hydrogen-bond donors (Lipinski definition) is 1. The zero-order valence-electron chi connectivity index (χ0n) is 19.0. The highest BCUT2D eigenvalue weighted by molar-refractivity contribution is 5.95. The summed E-state index contributed by atoms with van der Waals surface area (Å²) in [4.78, 5) is 18.3. The van der Waals surface area contributed by atoms with Gasteiger partial charge in [0.1, 0.15) is 5.75 Å². The van der Waals surface area contributed by atoms with Crippen LogP contribution in [-0.4, -0.2) is 38.3 Å². The van der Waals surface area contributed by atoms with Crippen LogP contribution < -0.4 is 15.0 Å². The molecule has 0 radical (unpaired) electrons. The van der Waals surface area contributed by atoms with E-state index in [1.54, 1.807) is 18.5 Å².